The normalized spacial score (nSPS) is 11.9. The molecular weight excluding hydrogens is 238 g/mol. The van der Waals surface area contributed by atoms with Crippen molar-refractivity contribution in [3.63, 3.8) is 0 Å². The van der Waals surface area contributed by atoms with Gasteiger partial charge in [-0.15, -0.1) is 0 Å². The SMILES string of the molecule is C=C(C(=O)OCCCC)C(F)c1cccc(F)c1. The monoisotopic (exact) mass is 254 g/mol. The predicted molar refractivity (Wildman–Crippen MR) is 65.3 cm³/mol. The summed E-state index contributed by atoms with van der Waals surface area (Å²) in [5, 5.41) is 0. The molecule has 0 N–H and O–H groups in total. The van der Waals surface area contributed by atoms with Gasteiger partial charge >= 0.3 is 5.97 Å². The van der Waals surface area contributed by atoms with E-state index in [-0.39, 0.29) is 17.7 Å². The molecule has 1 rings (SSSR count). The van der Waals surface area contributed by atoms with E-state index in [0.29, 0.717) is 0 Å². The van der Waals surface area contributed by atoms with Crippen LogP contribution in [0.4, 0.5) is 8.78 Å². The van der Waals surface area contributed by atoms with Gasteiger partial charge in [0.05, 0.1) is 12.2 Å². The molecule has 0 aliphatic rings. The Morgan fingerprint density at radius 3 is 2.83 bits per heavy atom. The second-order valence-electron chi connectivity index (χ2n) is 3.93. The van der Waals surface area contributed by atoms with Gasteiger partial charge in [-0.1, -0.05) is 32.1 Å². The van der Waals surface area contributed by atoms with Gasteiger partial charge in [-0.25, -0.2) is 13.6 Å². The highest BCUT2D eigenvalue weighted by atomic mass is 19.1. The Labute approximate surface area is 105 Å². The van der Waals surface area contributed by atoms with Gasteiger partial charge in [-0.05, 0) is 24.1 Å². The van der Waals surface area contributed by atoms with E-state index >= 15 is 0 Å². The Morgan fingerprint density at radius 2 is 2.22 bits per heavy atom. The lowest BCUT2D eigenvalue weighted by atomic mass is 10.0. The molecule has 98 valence electrons. The first-order valence-electron chi connectivity index (χ1n) is 5.81. The lowest BCUT2D eigenvalue weighted by molar-refractivity contribution is -0.139. The number of carbonyl (C=O) groups excluding carboxylic acids is 1. The fourth-order valence-corrected chi connectivity index (χ4v) is 1.37. The maximum absolute atomic E-state index is 13.9. The Morgan fingerprint density at radius 1 is 1.50 bits per heavy atom. The molecule has 0 amide bonds. The zero-order valence-corrected chi connectivity index (χ0v) is 10.3. The molecule has 0 radical (unpaired) electrons. The van der Waals surface area contributed by atoms with Crippen LogP contribution in [-0.2, 0) is 9.53 Å². The van der Waals surface area contributed by atoms with E-state index in [2.05, 4.69) is 6.58 Å². The fourth-order valence-electron chi connectivity index (χ4n) is 1.37. The number of rotatable bonds is 6. The Kier molecular flexibility index (Phi) is 5.49. The average Bonchev–Trinajstić information content (AvgIpc) is 2.37. The number of hydrogen-bond donors (Lipinski definition) is 0. The van der Waals surface area contributed by atoms with Crippen molar-refractivity contribution in [1.82, 2.24) is 0 Å². The summed E-state index contributed by atoms with van der Waals surface area (Å²) in [6.07, 6.45) is -0.145. The van der Waals surface area contributed by atoms with E-state index < -0.39 is 18.0 Å². The first kappa shape index (κ1) is 14.4. The molecule has 0 bridgehead atoms. The first-order valence-corrected chi connectivity index (χ1v) is 5.81. The van der Waals surface area contributed by atoms with Crippen molar-refractivity contribution >= 4 is 5.97 Å². The van der Waals surface area contributed by atoms with Crippen molar-refractivity contribution < 1.29 is 18.3 Å². The third-order valence-electron chi connectivity index (χ3n) is 2.44. The summed E-state index contributed by atoms with van der Waals surface area (Å²) in [6, 6.07) is 5.03. The molecule has 1 aromatic rings. The van der Waals surface area contributed by atoms with Crippen LogP contribution in [0.15, 0.2) is 36.4 Å². The number of esters is 1. The zero-order chi connectivity index (χ0) is 13.5. The molecule has 1 atom stereocenters. The number of halogens is 2. The maximum Gasteiger partial charge on any atom is 0.336 e. The van der Waals surface area contributed by atoms with Gasteiger partial charge in [0.2, 0.25) is 0 Å². The number of alkyl halides is 1. The summed E-state index contributed by atoms with van der Waals surface area (Å²) in [5.74, 6) is -1.33. The molecule has 1 unspecified atom stereocenters. The van der Waals surface area contributed by atoms with E-state index in [4.69, 9.17) is 4.74 Å². The van der Waals surface area contributed by atoms with Crippen molar-refractivity contribution in [3.05, 3.63) is 47.8 Å². The predicted octanol–water partition coefficient (Wildman–Crippen LogP) is 3.74. The van der Waals surface area contributed by atoms with Gasteiger partial charge < -0.3 is 4.74 Å². The molecule has 0 heterocycles. The summed E-state index contributed by atoms with van der Waals surface area (Å²) in [6.45, 7) is 5.56. The number of hydrogen-bond acceptors (Lipinski definition) is 2. The van der Waals surface area contributed by atoms with Gasteiger partial charge in [-0.3, -0.25) is 0 Å². The third kappa shape index (κ3) is 3.95. The smallest absolute Gasteiger partial charge is 0.336 e. The van der Waals surface area contributed by atoms with Crippen LogP contribution >= 0.6 is 0 Å². The molecule has 0 aliphatic heterocycles. The van der Waals surface area contributed by atoms with Gasteiger partial charge in [0.15, 0.2) is 6.17 Å². The van der Waals surface area contributed by atoms with Gasteiger partial charge in [0, 0.05) is 0 Å². The summed E-state index contributed by atoms with van der Waals surface area (Å²) in [7, 11) is 0. The maximum atomic E-state index is 13.9. The topological polar surface area (TPSA) is 26.3 Å². The van der Waals surface area contributed by atoms with E-state index in [0.717, 1.165) is 18.9 Å². The summed E-state index contributed by atoms with van der Waals surface area (Å²) < 4.78 is 31.7. The van der Waals surface area contributed by atoms with E-state index in [1.165, 1.54) is 18.2 Å². The van der Waals surface area contributed by atoms with Crippen molar-refractivity contribution in [3.8, 4) is 0 Å². The molecule has 4 heteroatoms. The molecule has 0 aromatic heterocycles. The van der Waals surface area contributed by atoms with Crippen molar-refractivity contribution in [1.29, 1.82) is 0 Å². The number of benzene rings is 1. The van der Waals surface area contributed by atoms with Crippen LogP contribution in [-0.4, -0.2) is 12.6 Å². The minimum Gasteiger partial charge on any atom is -0.462 e. The first-order chi connectivity index (χ1) is 8.56. The van der Waals surface area contributed by atoms with Crippen LogP contribution < -0.4 is 0 Å². The van der Waals surface area contributed by atoms with Crippen LogP contribution in [0.25, 0.3) is 0 Å². The van der Waals surface area contributed by atoms with E-state index in [1.54, 1.807) is 0 Å². The minimum absolute atomic E-state index is 0.0624. The number of carbonyl (C=O) groups is 1. The molecule has 1 aromatic carbocycles. The van der Waals surface area contributed by atoms with Crippen LogP contribution in [0, 0.1) is 5.82 Å². The van der Waals surface area contributed by atoms with Crippen LogP contribution in [0.1, 0.15) is 31.5 Å². The lowest BCUT2D eigenvalue weighted by Gasteiger charge is -2.11. The molecule has 2 nitrogen and oxygen atoms in total. The van der Waals surface area contributed by atoms with E-state index in [1.807, 2.05) is 6.92 Å². The fraction of sp³-hybridized carbons (Fsp3) is 0.357. The highest BCUT2D eigenvalue weighted by molar-refractivity contribution is 5.89. The highest BCUT2D eigenvalue weighted by Crippen LogP contribution is 2.26. The quantitative estimate of drug-likeness (QED) is 0.439. The average molecular weight is 254 g/mol. The number of ether oxygens (including phenoxy) is 1. The van der Waals surface area contributed by atoms with Crippen LogP contribution in [0.2, 0.25) is 0 Å². The van der Waals surface area contributed by atoms with Crippen molar-refractivity contribution in [2.75, 3.05) is 6.61 Å². The molecule has 0 aliphatic carbocycles. The summed E-state index contributed by atoms with van der Waals surface area (Å²) in [5.41, 5.74) is -0.246. The standard InChI is InChI=1S/C14H16F2O2/c1-3-4-8-18-14(17)10(2)13(16)11-6-5-7-12(15)9-11/h5-7,9,13H,2-4,8H2,1H3. The van der Waals surface area contributed by atoms with Gasteiger partial charge in [0.1, 0.15) is 5.82 Å². The molecule has 18 heavy (non-hydrogen) atoms. The van der Waals surface area contributed by atoms with Gasteiger partial charge in [0.25, 0.3) is 0 Å². The summed E-state index contributed by atoms with van der Waals surface area (Å²) in [4.78, 5) is 11.5. The van der Waals surface area contributed by atoms with Crippen LogP contribution in [0.5, 0.6) is 0 Å². The molecule has 0 saturated carbocycles. The largest absolute Gasteiger partial charge is 0.462 e. The van der Waals surface area contributed by atoms with Crippen LogP contribution in [0.3, 0.4) is 0 Å². The van der Waals surface area contributed by atoms with E-state index in [9.17, 15) is 13.6 Å². The Balaban J connectivity index is 2.63. The number of unbranched alkanes of at least 4 members (excludes halogenated alkanes) is 1. The molecule has 0 saturated heterocycles. The molecule has 0 spiro atoms. The highest BCUT2D eigenvalue weighted by Gasteiger charge is 2.21. The Hall–Kier alpha value is -1.71. The second kappa shape index (κ2) is 6.89. The molecule has 0 fully saturated rings. The summed E-state index contributed by atoms with van der Waals surface area (Å²) >= 11 is 0. The zero-order valence-electron chi connectivity index (χ0n) is 10.3. The lowest BCUT2D eigenvalue weighted by Crippen LogP contribution is -2.12. The second-order valence-corrected chi connectivity index (χ2v) is 3.93. The Bertz CT molecular complexity index is 430. The van der Waals surface area contributed by atoms with Crippen molar-refractivity contribution in [2.45, 2.75) is 25.9 Å². The van der Waals surface area contributed by atoms with Crippen molar-refractivity contribution in [2.24, 2.45) is 0 Å². The minimum atomic E-state index is -1.74. The molecular formula is C14H16F2O2. The third-order valence-corrected chi connectivity index (χ3v) is 2.44. The van der Waals surface area contributed by atoms with Gasteiger partial charge in [-0.2, -0.15) is 0 Å².